The summed E-state index contributed by atoms with van der Waals surface area (Å²) in [6, 6.07) is 11.0. The number of nitrogens with one attached hydrogen (secondary N) is 2. The van der Waals surface area contributed by atoms with E-state index in [9.17, 15) is 13.2 Å². The maximum Gasteiger partial charge on any atom is 0.242 e. The Bertz CT molecular complexity index is 823. The van der Waals surface area contributed by atoms with Crippen LogP contribution in [0.4, 0.5) is 5.69 Å². The first kappa shape index (κ1) is 18.2. The van der Waals surface area contributed by atoms with Crippen molar-refractivity contribution in [3.8, 4) is 0 Å². The highest BCUT2D eigenvalue weighted by Gasteiger charge is 2.22. The van der Waals surface area contributed by atoms with Crippen molar-refractivity contribution in [2.45, 2.75) is 38.6 Å². The number of anilines is 1. The van der Waals surface area contributed by atoms with E-state index < -0.39 is 22.0 Å². The van der Waals surface area contributed by atoms with Crippen LogP contribution in [0.1, 0.15) is 23.6 Å². The van der Waals surface area contributed by atoms with Crippen molar-refractivity contribution >= 4 is 21.6 Å². The van der Waals surface area contributed by atoms with Gasteiger partial charge in [-0.2, -0.15) is 4.72 Å². The van der Waals surface area contributed by atoms with Gasteiger partial charge in [-0.3, -0.25) is 4.79 Å². The number of carbonyl (C=O) groups is 1. The Hall–Kier alpha value is -2.18. The van der Waals surface area contributed by atoms with E-state index in [-0.39, 0.29) is 4.90 Å². The second kappa shape index (κ2) is 7.15. The summed E-state index contributed by atoms with van der Waals surface area (Å²) in [6.45, 7) is 7.33. The van der Waals surface area contributed by atoms with Gasteiger partial charge in [0.05, 0.1) is 10.9 Å². The van der Waals surface area contributed by atoms with Crippen molar-refractivity contribution in [1.29, 1.82) is 0 Å². The van der Waals surface area contributed by atoms with Gasteiger partial charge in [-0.15, -0.1) is 0 Å². The van der Waals surface area contributed by atoms with Crippen LogP contribution in [-0.2, 0) is 14.8 Å². The molecule has 0 spiro atoms. The van der Waals surface area contributed by atoms with Gasteiger partial charge in [-0.1, -0.05) is 35.9 Å². The monoisotopic (exact) mass is 346 g/mol. The quantitative estimate of drug-likeness (QED) is 0.874. The van der Waals surface area contributed by atoms with Crippen molar-refractivity contribution in [2.24, 2.45) is 0 Å². The Morgan fingerprint density at radius 2 is 1.54 bits per heavy atom. The van der Waals surface area contributed by atoms with Gasteiger partial charge in [0.25, 0.3) is 0 Å². The van der Waals surface area contributed by atoms with Gasteiger partial charge in [-0.25, -0.2) is 8.42 Å². The Balaban J connectivity index is 2.14. The van der Waals surface area contributed by atoms with Crippen LogP contribution in [0.25, 0.3) is 0 Å². The average Bonchev–Trinajstić information content (AvgIpc) is 2.51. The van der Waals surface area contributed by atoms with E-state index >= 15 is 0 Å². The topological polar surface area (TPSA) is 75.3 Å². The third kappa shape index (κ3) is 4.21. The van der Waals surface area contributed by atoms with E-state index in [4.69, 9.17) is 0 Å². The summed E-state index contributed by atoms with van der Waals surface area (Å²) in [6.07, 6.45) is 0. The molecule has 0 saturated carbocycles. The fraction of sp³-hybridized carbons (Fsp3) is 0.278. The van der Waals surface area contributed by atoms with Gasteiger partial charge in [0.15, 0.2) is 0 Å². The van der Waals surface area contributed by atoms with Crippen molar-refractivity contribution in [3.05, 3.63) is 59.2 Å². The molecule has 1 atom stereocenters. The van der Waals surface area contributed by atoms with Gasteiger partial charge in [0, 0.05) is 5.69 Å². The zero-order chi connectivity index (χ0) is 17.9. The van der Waals surface area contributed by atoms with Crippen molar-refractivity contribution in [1.82, 2.24) is 4.72 Å². The summed E-state index contributed by atoms with van der Waals surface area (Å²) in [7, 11) is -3.73. The maximum absolute atomic E-state index is 12.4. The Morgan fingerprint density at radius 3 is 2.08 bits per heavy atom. The Labute approximate surface area is 143 Å². The van der Waals surface area contributed by atoms with Gasteiger partial charge in [0.2, 0.25) is 15.9 Å². The molecule has 5 nitrogen and oxygen atoms in total. The lowest BCUT2D eigenvalue weighted by Crippen LogP contribution is -2.41. The van der Waals surface area contributed by atoms with E-state index in [0.29, 0.717) is 0 Å². The second-order valence-corrected chi connectivity index (χ2v) is 7.63. The number of aryl methyl sites for hydroxylation is 3. The van der Waals surface area contributed by atoms with Gasteiger partial charge >= 0.3 is 0 Å². The first-order valence-electron chi connectivity index (χ1n) is 7.67. The highest BCUT2D eigenvalue weighted by atomic mass is 32.2. The maximum atomic E-state index is 12.4. The van der Waals surface area contributed by atoms with Crippen LogP contribution < -0.4 is 10.0 Å². The van der Waals surface area contributed by atoms with Gasteiger partial charge in [-0.05, 0) is 51.0 Å². The van der Waals surface area contributed by atoms with Crippen molar-refractivity contribution in [2.75, 3.05) is 5.32 Å². The first-order chi connectivity index (χ1) is 11.2. The molecule has 1 amide bonds. The molecule has 2 rings (SSSR count). The van der Waals surface area contributed by atoms with E-state index in [2.05, 4.69) is 10.0 Å². The number of sulfonamides is 1. The number of amides is 1. The number of benzene rings is 2. The van der Waals surface area contributed by atoms with Crippen LogP contribution in [0.3, 0.4) is 0 Å². The van der Waals surface area contributed by atoms with E-state index in [1.54, 1.807) is 18.2 Å². The molecule has 6 heteroatoms. The minimum Gasteiger partial charge on any atom is -0.324 e. The minimum absolute atomic E-state index is 0.132. The van der Waals surface area contributed by atoms with Crippen molar-refractivity contribution in [3.63, 3.8) is 0 Å². The van der Waals surface area contributed by atoms with Gasteiger partial charge < -0.3 is 5.32 Å². The Morgan fingerprint density at radius 1 is 1.00 bits per heavy atom. The predicted molar refractivity (Wildman–Crippen MR) is 95.5 cm³/mol. The van der Waals surface area contributed by atoms with E-state index in [1.165, 1.54) is 19.1 Å². The van der Waals surface area contributed by atoms with Crippen LogP contribution in [0.15, 0.2) is 47.4 Å². The predicted octanol–water partition coefficient (Wildman–Crippen LogP) is 2.92. The molecule has 24 heavy (non-hydrogen) atoms. The fourth-order valence-electron chi connectivity index (χ4n) is 2.56. The molecular formula is C18H22N2O3S. The smallest absolute Gasteiger partial charge is 0.242 e. The van der Waals surface area contributed by atoms with E-state index in [0.717, 1.165) is 22.4 Å². The molecule has 2 N–H and O–H groups in total. The molecule has 1 unspecified atom stereocenters. The van der Waals surface area contributed by atoms with Crippen LogP contribution in [0.5, 0.6) is 0 Å². The molecule has 0 radical (unpaired) electrons. The second-order valence-electron chi connectivity index (χ2n) is 5.92. The molecule has 0 aliphatic heterocycles. The molecule has 0 heterocycles. The summed E-state index contributed by atoms with van der Waals surface area (Å²) in [5.74, 6) is -0.399. The molecule has 2 aromatic rings. The third-order valence-electron chi connectivity index (χ3n) is 3.70. The molecule has 2 aromatic carbocycles. The lowest BCUT2D eigenvalue weighted by atomic mass is 10.0. The molecule has 0 bridgehead atoms. The molecule has 0 aliphatic rings. The normalized spacial score (nSPS) is 12.7. The van der Waals surface area contributed by atoms with Crippen LogP contribution in [0, 0.1) is 20.8 Å². The van der Waals surface area contributed by atoms with Crippen molar-refractivity contribution < 1.29 is 13.2 Å². The van der Waals surface area contributed by atoms with E-state index in [1.807, 2.05) is 32.9 Å². The first-order valence-corrected chi connectivity index (χ1v) is 9.15. The lowest BCUT2D eigenvalue weighted by Gasteiger charge is -2.17. The molecule has 0 aromatic heterocycles. The van der Waals surface area contributed by atoms with Crippen LogP contribution >= 0.6 is 0 Å². The highest BCUT2D eigenvalue weighted by Crippen LogP contribution is 2.22. The number of rotatable bonds is 5. The average molecular weight is 346 g/mol. The van der Waals surface area contributed by atoms with Crippen LogP contribution in [-0.4, -0.2) is 20.4 Å². The summed E-state index contributed by atoms with van der Waals surface area (Å²) in [5, 5.41) is 2.81. The third-order valence-corrected chi connectivity index (χ3v) is 5.26. The molecule has 0 saturated heterocycles. The lowest BCUT2D eigenvalue weighted by molar-refractivity contribution is -0.117. The molecule has 128 valence electrons. The number of hydrogen-bond donors (Lipinski definition) is 2. The zero-order valence-corrected chi connectivity index (χ0v) is 15.1. The molecular weight excluding hydrogens is 324 g/mol. The number of hydrogen-bond acceptors (Lipinski definition) is 3. The summed E-state index contributed by atoms with van der Waals surface area (Å²) < 4.78 is 27.0. The summed E-state index contributed by atoms with van der Waals surface area (Å²) >= 11 is 0. The highest BCUT2D eigenvalue weighted by molar-refractivity contribution is 7.89. The Kier molecular flexibility index (Phi) is 5.41. The summed E-state index contributed by atoms with van der Waals surface area (Å²) in [4.78, 5) is 12.5. The molecule has 0 aliphatic carbocycles. The zero-order valence-electron chi connectivity index (χ0n) is 14.3. The number of carbonyl (C=O) groups excluding carboxylic acids is 1. The molecule has 0 fully saturated rings. The van der Waals surface area contributed by atoms with Gasteiger partial charge in [0.1, 0.15) is 0 Å². The minimum atomic E-state index is -3.73. The summed E-state index contributed by atoms with van der Waals surface area (Å²) in [5.41, 5.74) is 3.72. The SMILES string of the molecule is Cc1cc(C)c(NC(=O)C(C)NS(=O)(=O)c2ccccc2)c(C)c1. The largest absolute Gasteiger partial charge is 0.324 e. The van der Waals surface area contributed by atoms with Crippen LogP contribution in [0.2, 0.25) is 0 Å². The standard InChI is InChI=1S/C18H22N2O3S/c1-12-10-13(2)17(14(3)11-12)19-18(21)15(4)20-24(22,23)16-8-6-5-7-9-16/h5-11,15,20H,1-4H3,(H,19,21). The fourth-order valence-corrected chi connectivity index (χ4v) is 3.79.